The normalized spacial score (nSPS) is 23.1. The van der Waals surface area contributed by atoms with Gasteiger partial charge in [0.05, 0.1) is 6.61 Å². The number of morpholine rings is 1. The first-order valence-electron chi connectivity index (χ1n) is 9.36. The topological polar surface area (TPSA) is 24.9 Å². The van der Waals surface area contributed by atoms with Crippen molar-refractivity contribution in [3.63, 3.8) is 0 Å². The molecule has 7 heteroatoms. The molecular formula is C19H27F3N2O2. The van der Waals surface area contributed by atoms with Crippen LogP contribution < -0.4 is 4.74 Å². The van der Waals surface area contributed by atoms with E-state index in [9.17, 15) is 13.2 Å². The number of hydrogen-bond donors (Lipinski definition) is 0. The largest absolute Gasteiger partial charge is 0.492 e. The lowest BCUT2D eigenvalue weighted by Crippen LogP contribution is -2.48. The summed E-state index contributed by atoms with van der Waals surface area (Å²) in [5.74, 6) is 0.763. The van der Waals surface area contributed by atoms with Crippen molar-refractivity contribution in [1.29, 1.82) is 0 Å². The second-order valence-electron chi connectivity index (χ2n) is 6.99. The second-order valence-corrected chi connectivity index (χ2v) is 6.99. The highest BCUT2D eigenvalue weighted by molar-refractivity contribution is 5.33. The van der Waals surface area contributed by atoms with E-state index in [1.807, 2.05) is 24.3 Å². The molecule has 1 aromatic carbocycles. The summed E-state index contributed by atoms with van der Waals surface area (Å²) in [6, 6.07) is 7.62. The Kier molecular flexibility index (Phi) is 6.78. The van der Waals surface area contributed by atoms with Gasteiger partial charge in [0, 0.05) is 31.7 Å². The first kappa shape index (κ1) is 19.5. The number of para-hydroxylation sites is 1. The van der Waals surface area contributed by atoms with Crippen LogP contribution in [0.25, 0.3) is 0 Å². The van der Waals surface area contributed by atoms with Crippen LogP contribution in [0.1, 0.15) is 24.8 Å². The number of benzene rings is 1. The molecule has 1 aromatic rings. The van der Waals surface area contributed by atoms with Crippen LogP contribution in [0.15, 0.2) is 24.3 Å². The monoisotopic (exact) mass is 372 g/mol. The molecule has 2 aliphatic rings. The zero-order valence-corrected chi connectivity index (χ0v) is 15.0. The number of hydrogen-bond acceptors (Lipinski definition) is 4. The van der Waals surface area contributed by atoms with Crippen molar-refractivity contribution in [1.82, 2.24) is 9.80 Å². The molecule has 4 nitrogen and oxygen atoms in total. The first-order chi connectivity index (χ1) is 12.5. The molecular weight excluding hydrogens is 345 g/mol. The maximum Gasteiger partial charge on any atom is 0.415 e. The standard InChI is InChI=1S/C19H27F3N2O2/c20-19(21,22)18-15-24(11-13-26-18)14-16-6-2-3-7-17(16)25-12-10-23-8-4-1-5-9-23/h2-3,6-7,18H,1,4-5,8-15H2. The number of likely N-dealkylation sites (tertiary alicyclic amines) is 1. The molecule has 1 atom stereocenters. The van der Waals surface area contributed by atoms with Crippen molar-refractivity contribution in [3.05, 3.63) is 29.8 Å². The summed E-state index contributed by atoms with van der Waals surface area (Å²) in [4.78, 5) is 4.19. The highest BCUT2D eigenvalue weighted by Gasteiger charge is 2.43. The smallest absolute Gasteiger partial charge is 0.415 e. The van der Waals surface area contributed by atoms with E-state index in [0.717, 1.165) is 30.9 Å². The van der Waals surface area contributed by atoms with Crippen molar-refractivity contribution >= 4 is 0 Å². The van der Waals surface area contributed by atoms with Gasteiger partial charge >= 0.3 is 6.18 Å². The average Bonchev–Trinajstić information content (AvgIpc) is 2.64. The fourth-order valence-electron chi connectivity index (χ4n) is 3.53. The molecule has 0 aliphatic carbocycles. The van der Waals surface area contributed by atoms with Crippen LogP contribution in [0.4, 0.5) is 13.2 Å². The molecule has 26 heavy (non-hydrogen) atoms. The number of rotatable bonds is 6. The summed E-state index contributed by atoms with van der Waals surface area (Å²) < 4.78 is 49.5. The van der Waals surface area contributed by atoms with Gasteiger partial charge in [-0.1, -0.05) is 24.6 Å². The van der Waals surface area contributed by atoms with Gasteiger partial charge in [0.15, 0.2) is 6.10 Å². The Morgan fingerprint density at radius 1 is 1.04 bits per heavy atom. The SMILES string of the molecule is FC(F)(F)C1CN(Cc2ccccc2OCCN2CCCCC2)CCO1. The van der Waals surface area contributed by atoms with Crippen LogP contribution >= 0.6 is 0 Å². The Morgan fingerprint density at radius 2 is 1.81 bits per heavy atom. The van der Waals surface area contributed by atoms with Crippen LogP contribution in [0.5, 0.6) is 5.75 Å². The van der Waals surface area contributed by atoms with Gasteiger partial charge in [-0.25, -0.2) is 0 Å². The molecule has 1 unspecified atom stereocenters. The Bertz CT molecular complexity index is 562. The third-order valence-corrected chi connectivity index (χ3v) is 5.00. The van der Waals surface area contributed by atoms with E-state index in [4.69, 9.17) is 9.47 Å². The molecule has 0 saturated carbocycles. The van der Waals surface area contributed by atoms with Gasteiger partial charge in [-0.3, -0.25) is 9.80 Å². The Hall–Kier alpha value is -1.31. The molecule has 3 rings (SSSR count). The van der Waals surface area contributed by atoms with Crippen molar-refractivity contribution in [2.45, 2.75) is 38.1 Å². The molecule has 0 amide bonds. The van der Waals surface area contributed by atoms with Crippen molar-refractivity contribution in [3.8, 4) is 5.75 Å². The van der Waals surface area contributed by atoms with Gasteiger partial charge in [-0.15, -0.1) is 0 Å². The van der Waals surface area contributed by atoms with Crippen LogP contribution in [-0.2, 0) is 11.3 Å². The van der Waals surface area contributed by atoms with Gasteiger partial charge in [0.1, 0.15) is 12.4 Å². The summed E-state index contributed by atoms with van der Waals surface area (Å²) in [5.41, 5.74) is 0.925. The van der Waals surface area contributed by atoms with E-state index in [-0.39, 0.29) is 13.2 Å². The van der Waals surface area contributed by atoms with Crippen LogP contribution in [0.3, 0.4) is 0 Å². The van der Waals surface area contributed by atoms with Gasteiger partial charge in [0.2, 0.25) is 0 Å². The maximum atomic E-state index is 12.9. The summed E-state index contributed by atoms with van der Waals surface area (Å²) in [5, 5.41) is 0. The zero-order valence-electron chi connectivity index (χ0n) is 15.0. The summed E-state index contributed by atoms with van der Waals surface area (Å²) in [6.07, 6.45) is -2.23. The molecule has 2 heterocycles. The van der Waals surface area contributed by atoms with Gasteiger partial charge in [-0.05, 0) is 32.0 Å². The van der Waals surface area contributed by atoms with Gasteiger partial charge in [0.25, 0.3) is 0 Å². The van der Waals surface area contributed by atoms with E-state index < -0.39 is 12.3 Å². The zero-order chi connectivity index (χ0) is 18.4. The third kappa shape index (κ3) is 5.59. The highest BCUT2D eigenvalue weighted by atomic mass is 19.4. The average molecular weight is 372 g/mol. The summed E-state index contributed by atoms with van der Waals surface area (Å²) >= 11 is 0. The van der Waals surface area contributed by atoms with E-state index in [1.54, 1.807) is 4.90 Å². The van der Waals surface area contributed by atoms with Crippen molar-refractivity contribution in [2.75, 3.05) is 45.9 Å². The lowest BCUT2D eigenvalue weighted by molar-refractivity contribution is -0.237. The molecule has 0 radical (unpaired) electrons. The fraction of sp³-hybridized carbons (Fsp3) is 0.684. The minimum absolute atomic E-state index is 0.0994. The predicted molar refractivity (Wildman–Crippen MR) is 93.3 cm³/mol. The van der Waals surface area contributed by atoms with Crippen molar-refractivity contribution < 1.29 is 22.6 Å². The molecule has 0 N–H and O–H groups in total. The van der Waals surface area contributed by atoms with Crippen LogP contribution in [-0.4, -0.2) is 68.0 Å². The highest BCUT2D eigenvalue weighted by Crippen LogP contribution is 2.27. The van der Waals surface area contributed by atoms with E-state index in [2.05, 4.69) is 4.90 Å². The minimum atomic E-state index is -4.32. The number of nitrogens with zero attached hydrogens (tertiary/aromatic N) is 2. The number of halogens is 3. The molecule has 2 saturated heterocycles. The van der Waals surface area contributed by atoms with Crippen LogP contribution in [0.2, 0.25) is 0 Å². The van der Waals surface area contributed by atoms with E-state index in [1.165, 1.54) is 19.3 Å². The quantitative estimate of drug-likeness (QED) is 0.765. The minimum Gasteiger partial charge on any atom is -0.492 e. The van der Waals surface area contributed by atoms with E-state index in [0.29, 0.717) is 19.7 Å². The molecule has 0 aromatic heterocycles. The number of piperidine rings is 1. The van der Waals surface area contributed by atoms with Crippen LogP contribution in [0, 0.1) is 0 Å². The number of ether oxygens (including phenoxy) is 2. The molecule has 146 valence electrons. The van der Waals surface area contributed by atoms with Crippen molar-refractivity contribution in [2.24, 2.45) is 0 Å². The molecule has 2 aliphatic heterocycles. The lowest BCUT2D eigenvalue weighted by atomic mass is 10.1. The third-order valence-electron chi connectivity index (χ3n) is 5.00. The molecule has 0 spiro atoms. The maximum absolute atomic E-state index is 12.9. The molecule has 0 bridgehead atoms. The Balaban J connectivity index is 1.53. The molecule has 2 fully saturated rings. The predicted octanol–water partition coefficient (Wildman–Crippen LogP) is 3.31. The fourth-order valence-corrected chi connectivity index (χ4v) is 3.53. The van der Waals surface area contributed by atoms with E-state index >= 15 is 0 Å². The Morgan fingerprint density at radius 3 is 2.58 bits per heavy atom. The second kappa shape index (κ2) is 9.06. The Labute approximate surface area is 152 Å². The first-order valence-corrected chi connectivity index (χ1v) is 9.36. The summed E-state index contributed by atoms with van der Waals surface area (Å²) in [7, 11) is 0. The van der Waals surface area contributed by atoms with Gasteiger partial charge < -0.3 is 9.47 Å². The summed E-state index contributed by atoms with van der Waals surface area (Å²) in [6.45, 7) is 4.64. The van der Waals surface area contributed by atoms with Gasteiger partial charge in [-0.2, -0.15) is 13.2 Å². The number of alkyl halides is 3. The lowest BCUT2D eigenvalue weighted by Gasteiger charge is -2.34.